The molecular weight excluding hydrogens is 230 g/mol. The zero-order valence-corrected chi connectivity index (χ0v) is 10.0. The quantitative estimate of drug-likeness (QED) is 0.652. The second-order valence-corrected chi connectivity index (χ2v) is 3.46. The smallest absolute Gasteiger partial charge is 0.342 e. The molecule has 4 nitrogen and oxygen atoms in total. The minimum Gasteiger partial charge on any atom is -0.491 e. The Morgan fingerprint density at radius 3 is 2.62 bits per heavy atom. The summed E-state index contributed by atoms with van der Waals surface area (Å²) in [6, 6.07) is 3.02. The van der Waals surface area contributed by atoms with Gasteiger partial charge >= 0.3 is 5.97 Å². The first-order chi connectivity index (χ1) is 7.60. The molecule has 88 valence electrons. The van der Waals surface area contributed by atoms with E-state index in [2.05, 4.69) is 0 Å². The fraction of sp³-hybridized carbons (Fsp3) is 0.364. The standard InChI is InChI=1S/C11H14ClNO3/c1-3-15-10-8(11(14)16-4-2)5-7(12)6-9(10)13/h5-6H,3-4,13H2,1-2H3. The van der Waals surface area contributed by atoms with E-state index in [1.165, 1.54) is 12.1 Å². The molecule has 0 unspecified atom stereocenters. The lowest BCUT2D eigenvalue weighted by molar-refractivity contribution is 0.0522. The average Bonchev–Trinajstić information content (AvgIpc) is 2.22. The lowest BCUT2D eigenvalue weighted by Gasteiger charge is -2.12. The first-order valence-corrected chi connectivity index (χ1v) is 5.36. The number of carbonyl (C=O) groups excluding carboxylic acids is 1. The molecule has 5 heteroatoms. The van der Waals surface area contributed by atoms with Crippen molar-refractivity contribution < 1.29 is 14.3 Å². The number of nitrogen functional groups attached to an aromatic ring is 1. The normalized spacial score (nSPS) is 9.94. The van der Waals surface area contributed by atoms with Gasteiger partial charge in [0.05, 0.1) is 18.9 Å². The van der Waals surface area contributed by atoms with Crippen LogP contribution in [0.5, 0.6) is 5.75 Å². The molecule has 1 rings (SSSR count). The monoisotopic (exact) mass is 243 g/mol. The molecule has 0 saturated carbocycles. The summed E-state index contributed by atoms with van der Waals surface area (Å²) in [5.41, 5.74) is 6.31. The van der Waals surface area contributed by atoms with E-state index in [0.717, 1.165) is 0 Å². The zero-order valence-electron chi connectivity index (χ0n) is 9.25. The number of rotatable bonds is 4. The van der Waals surface area contributed by atoms with Crippen LogP contribution in [0, 0.1) is 0 Å². The first kappa shape index (κ1) is 12.6. The maximum atomic E-state index is 11.6. The summed E-state index contributed by atoms with van der Waals surface area (Å²) in [6.45, 7) is 4.24. The highest BCUT2D eigenvalue weighted by atomic mass is 35.5. The Bertz CT molecular complexity index is 393. The maximum absolute atomic E-state index is 11.6. The molecule has 0 aliphatic rings. The van der Waals surface area contributed by atoms with Gasteiger partial charge in [-0.2, -0.15) is 0 Å². The van der Waals surface area contributed by atoms with Crippen LogP contribution in [0.1, 0.15) is 24.2 Å². The number of carbonyl (C=O) groups is 1. The van der Waals surface area contributed by atoms with Gasteiger partial charge in [0.15, 0.2) is 5.75 Å². The van der Waals surface area contributed by atoms with Crippen LogP contribution in [0.15, 0.2) is 12.1 Å². The summed E-state index contributed by atoms with van der Waals surface area (Å²) in [4.78, 5) is 11.6. The molecule has 0 saturated heterocycles. The lowest BCUT2D eigenvalue weighted by Crippen LogP contribution is -2.09. The van der Waals surface area contributed by atoms with Crippen molar-refractivity contribution in [3.05, 3.63) is 22.7 Å². The number of hydrogen-bond acceptors (Lipinski definition) is 4. The molecule has 0 aliphatic heterocycles. The Morgan fingerprint density at radius 1 is 1.38 bits per heavy atom. The third-order valence-corrected chi connectivity index (χ3v) is 2.08. The van der Waals surface area contributed by atoms with E-state index in [0.29, 0.717) is 23.1 Å². The van der Waals surface area contributed by atoms with Crippen LogP contribution >= 0.6 is 11.6 Å². The SMILES string of the molecule is CCOC(=O)c1cc(Cl)cc(N)c1OCC. The molecule has 0 fully saturated rings. The molecule has 0 heterocycles. The fourth-order valence-corrected chi connectivity index (χ4v) is 1.51. The molecule has 1 aromatic carbocycles. The van der Waals surface area contributed by atoms with Crippen molar-refractivity contribution in [1.82, 2.24) is 0 Å². The van der Waals surface area contributed by atoms with E-state index in [9.17, 15) is 4.79 Å². The van der Waals surface area contributed by atoms with Crippen LogP contribution in [0.25, 0.3) is 0 Å². The lowest BCUT2D eigenvalue weighted by atomic mass is 10.1. The maximum Gasteiger partial charge on any atom is 0.342 e. The highest BCUT2D eigenvalue weighted by Gasteiger charge is 2.17. The van der Waals surface area contributed by atoms with Crippen LogP contribution in [0.3, 0.4) is 0 Å². The van der Waals surface area contributed by atoms with E-state index in [1.807, 2.05) is 6.92 Å². The third-order valence-electron chi connectivity index (χ3n) is 1.87. The van der Waals surface area contributed by atoms with Gasteiger partial charge in [-0.1, -0.05) is 11.6 Å². The van der Waals surface area contributed by atoms with Gasteiger partial charge in [-0.15, -0.1) is 0 Å². The van der Waals surface area contributed by atoms with Gasteiger partial charge in [-0.05, 0) is 26.0 Å². The van der Waals surface area contributed by atoms with Crippen molar-refractivity contribution in [2.75, 3.05) is 18.9 Å². The number of esters is 1. The molecule has 1 aromatic rings. The summed E-state index contributed by atoms with van der Waals surface area (Å²) in [7, 11) is 0. The average molecular weight is 244 g/mol. The number of anilines is 1. The van der Waals surface area contributed by atoms with Crippen molar-refractivity contribution in [1.29, 1.82) is 0 Å². The first-order valence-electron chi connectivity index (χ1n) is 4.99. The van der Waals surface area contributed by atoms with Gasteiger partial charge in [-0.3, -0.25) is 0 Å². The van der Waals surface area contributed by atoms with Gasteiger partial charge in [0.25, 0.3) is 0 Å². The van der Waals surface area contributed by atoms with E-state index < -0.39 is 5.97 Å². The highest BCUT2D eigenvalue weighted by molar-refractivity contribution is 6.31. The fourth-order valence-electron chi connectivity index (χ4n) is 1.28. The predicted molar refractivity (Wildman–Crippen MR) is 63.0 cm³/mol. The summed E-state index contributed by atoms with van der Waals surface area (Å²) in [6.07, 6.45) is 0. The topological polar surface area (TPSA) is 61.5 Å². The van der Waals surface area contributed by atoms with Crippen LogP contribution in [-0.2, 0) is 4.74 Å². The van der Waals surface area contributed by atoms with Gasteiger partial charge in [0, 0.05) is 5.02 Å². The second-order valence-electron chi connectivity index (χ2n) is 3.03. The number of nitrogens with two attached hydrogens (primary N) is 1. The van der Waals surface area contributed by atoms with Crippen molar-refractivity contribution in [3.8, 4) is 5.75 Å². The third kappa shape index (κ3) is 2.79. The molecule has 0 amide bonds. The van der Waals surface area contributed by atoms with E-state index in [1.54, 1.807) is 6.92 Å². The molecule has 0 radical (unpaired) electrons. The Morgan fingerprint density at radius 2 is 2.06 bits per heavy atom. The minimum absolute atomic E-state index is 0.258. The molecule has 0 aliphatic carbocycles. The number of hydrogen-bond donors (Lipinski definition) is 1. The van der Waals surface area contributed by atoms with Crippen LogP contribution in [-0.4, -0.2) is 19.2 Å². The van der Waals surface area contributed by atoms with Gasteiger partial charge in [0.2, 0.25) is 0 Å². The van der Waals surface area contributed by atoms with Crippen LogP contribution < -0.4 is 10.5 Å². The van der Waals surface area contributed by atoms with Gasteiger partial charge in [-0.25, -0.2) is 4.79 Å². The Balaban J connectivity index is 3.17. The Hall–Kier alpha value is -1.42. The highest BCUT2D eigenvalue weighted by Crippen LogP contribution is 2.31. The Kier molecular flexibility index (Phi) is 4.43. The van der Waals surface area contributed by atoms with Crippen LogP contribution in [0.2, 0.25) is 5.02 Å². The van der Waals surface area contributed by atoms with E-state index in [4.69, 9.17) is 26.8 Å². The van der Waals surface area contributed by atoms with Gasteiger partial charge in [0.1, 0.15) is 5.56 Å². The van der Waals surface area contributed by atoms with Crippen molar-refractivity contribution in [2.24, 2.45) is 0 Å². The Labute approximate surface area is 99.3 Å². The van der Waals surface area contributed by atoms with Crippen molar-refractivity contribution in [2.45, 2.75) is 13.8 Å². The summed E-state index contributed by atoms with van der Waals surface area (Å²) < 4.78 is 10.2. The molecule has 16 heavy (non-hydrogen) atoms. The molecule has 0 atom stereocenters. The molecule has 0 spiro atoms. The predicted octanol–water partition coefficient (Wildman–Crippen LogP) is 2.50. The van der Waals surface area contributed by atoms with E-state index >= 15 is 0 Å². The van der Waals surface area contributed by atoms with Crippen LogP contribution in [0.4, 0.5) is 5.69 Å². The number of halogens is 1. The number of benzene rings is 1. The van der Waals surface area contributed by atoms with Crippen molar-refractivity contribution in [3.63, 3.8) is 0 Å². The summed E-state index contributed by atoms with van der Waals surface area (Å²) in [5, 5.41) is 0.379. The largest absolute Gasteiger partial charge is 0.491 e. The molecular formula is C11H14ClNO3. The van der Waals surface area contributed by atoms with Crippen molar-refractivity contribution >= 4 is 23.3 Å². The minimum atomic E-state index is -0.486. The summed E-state index contributed by atoms with van der Waals surface area (Å²) in [5.74, 6) is -0.162. The second kappa shape index (κ2) is 5.61. The molecule has 2 N–H and O–H groups in total. The number of ether oxygens (including phenoxy) is 2. The van der Waals surface area contributed by atoms with Gasteiger partial charge < -0.3 is 15.2 Å². The molecule has 0 aromatic heterocycles. The summed E-state index contributed by atoms with van der Waals surface area (Å²) >= 11 is 5.82. The molecule has 0 bridgehead atoms. The zero-order chi connectivity index (χ0) is 12.1. The van der Waals surface area contributed by atoms with E-state index in [-0.39, 0.29) is 12.2 Å².